The average molecular weight is 222 g/mol. The van der Waals surface area contributed by atoms with Gasteiger partial charge in [0.25, 0.3) is 0 Å². The van der Waals surface area contributed by atoms with Crippen LogP contribution < -0.4 is 0 Å². The summed E-state index contributed by atoms with van der Waals surface area (Å²) >= 11 is 0. The lowest BCUT2D eigenvalue weighted by Crippen LogP contribution is -2.34. The first-order valence-electron chi connectivity index (χ1n) is 6.40. The molecule has 1 aliphatic rings. The van der Waals surface area contributed by atoms with Crippen molar-refractivity contribution in [3.05, 3.63) is 18.0 Å². The number of hydrogen-bond acceptors (Lipinski definition) is 2. The number of aromatic nitrogens is 2. The van der Waals surface area contributed by atoms with Crippen LogP contribution in [-0.2, 0) is 12.1 Å². The zero-order valence-electron chi connectivity index (χ0n) is 10.3. The van der Waals surface area contributed by atoms with E-state index >= 15 is 0 Å². The summed E-state index contributed by atoms with van der Waals surface area (Å²) in [5, 5.41) is 15.1. The third-order valence-corrected chi connectivity index (χ3v) is 3.60. The Morgan fingerprint density at radius 3 is 3.12 bits per heavy atom. The van der Waals surface area contributed by atoms with Crippen molar-refractivity contribution in [2.45, 2.75) is 58.1 Å². The van der Waals surface area contributed by atoms with Crippen molar-refractivity contribution in [1.29, 1.82) is 0 Å². The molecule has 0 aromatic carbocycles. The number of rotatable bonds is 3. The second kappa shape index (κ2) is 4.58. The maximum atomic E-state index is 10.7. The molecule has 1 aromatic rings. The van der Waals surface area contributed by atoms with E-state index in [4.69, 9.17) is 0 Å². The first kappa shape index (κ1) is 11.6. The molecular formula is C13H22N2O. The topological polar surface area (TPSA) is 38.0 Å². The first-order chi connectivity index (χ1) is 7.65. The molecule has 1 N–H and O–H groups in total. The van der Waals surface area contributed by atoms with Crippen molar-refractivity contribution in [2.24, 2.45) is 5.92 Å². The van der Waals surface area contributed by atoms with Gasteiger partial charge in [0.2, 0.25) is 0 Å². The van der Waals surface area contributed by atoms with Crippen molar-refractivity contribution in [3.8, 4) is 0 Å². The third-order valence-electron chi connectivity index (χ3n) is 3.60. The van der Waals surface area contributed by atoms with Gasteiger partial charge in [-0.2, -0.15) is 5.10 Å². The van der Waals surface area contributed by atoms with Gasteiger partial charge in [-0.25, -0.2) is 0 Å². The van der Waals surface area contributed by atoms with Crippen LogP contribution in [0.15, 0.2) is 12.3 Å². The average Bonchev–Trinajstić information content (AvgIpc) is 2.67. The van der Waals surface area contributed by atoms with E-state index in [-0.39, 0.29) is 0 Å². The van der Waals surface area contributed by atoms with Crippen molar-refractivity contribution < 1.29 is 5.11 Å². The van der Waals surface area contributed by atoms with Crippen molar-refractivity contribution in [1.82, 2.24) is 9.78 Å². The Balaban J connectivity index is 2.23. The second-order valence-electron chi connectivity index (χ2n) is 5.17. The molecule has 3 heteroatoms. The van der Waals surface area contributed by atoms with E-state index in [0.29, 0.717) is 5.92 Å². The van der Waals surface area contributed by atoms with Crippen LogP contribution in [0.3, 0.4) is 0 Å². The molecule has 2 atom stereocenters. The van der Waals surface area contributed by atoms with Crippen molar-refractivity contribution in [3.63, 3.8) is 0 Å². The SMILES string of the molecule is CCCn1nccc1C1(O)CCCC(C)C1. The summed E-state index contributed by atoms with van der Waals surface area (Å²) in [6.07, 6.45) is 6.98. The van der Waals surface area contributed by atoms with Gasteiger partial charge in [-0.3, -0.25) is 4.68 Å². The Kier molecular flexibility index (Phi) is 3.33. The molecule has 1 heterocycles. The van der Waals surface area contributed by atoms with Crippen LogP contribution in [0.25, 0.3) is 0 Å². The van der Waals surface area contributed by atoms with Gasteiger partial charge < -0.3 is 5.11 Å². The summed E-state index contributed by atoms with van der Waals surface area (Å²) in [5.74, 6) is 0.615. The summed E-state index contributed by atoms with van der Waals surface area (Å²) < 4.78 is 1.97. The Labute approximate surface area is 97.5 Å². The van der Waals surface area contributed by atoms with Crippen LogP contribution in [-0.4, -0.2) is 14.9 Å². The zero-order valence-corrected chi connectivity index (χ0v) is 10.3. The highest BCUT2D eigenvalue weighted by Crippen LogP contribution is 2.39. The maximum Gasteiger partial charge on any atom is 0.106 e. The molecule has 2 unspecified atom stereocenters. The molecule has 1 saturated carbocycles. The van der Waals surface area contributed by atoms with Crippen LogP contribution in [0.2, 0.25) is 0 Å². The van der Waals surface area contributed by atoms with Crippen LogP contribution in [0.5, 0.6) is 0 Å². The molecule has 90 valence electrons. The van der Waals surface area contributed by atoms with E-state index in [9.17, 15) is 5.11 Å². The van der Waals surface area contributed by atoms with Crippen LogP contribution in [0.4, 0.5) is 0 Å². The monoisotopic (exact) mass is 222 g/mol. The van der Waals surface area contributed by atoms with Crippen LogP contribution in [0, 0.1) is 5.92 Å². The number of aliphatic hydroxyl groups is 1. The van der Waals surface area contributed by atoms with E-state index in [1.165, 1.54) is 6.42 Å². The Bertz CT molecular complexity index is 347. The van der Waals surface area contributed by atoms with E-state index < -0.39 is 5.60 Å². The molecule has 1 aliphatic carbocycles. The number of nitrogens with zero attached hydrogens (tertiary/aromatic N) is 2. The molecule has 0 saturated heterocycles. The molecular weight excluding hydrogens is 200 g/mol. The van der Waals surface area contributed by atoms with E-state index in [1.807, 2.05) is 16.9 Å². The number of aryl methyl sites for hydroxylation is 1. The lowest BCUT2D eigenvalue weighted by Gasteiger charge is -2.35. The minimum absolute atomic E-state index is 0.615. The largest absolute Gasteiger partial charge is 0.384 e. The standard InChI is InChI=1S/C13H22N2O/c1-3-9-15-12(6-8-14-15)13(16)7-4-5-11(2)10-13/h6,8,11,16H,3-5,7,9-10H2,1-2H3. The molecule has 1 fully saturated rings. The second-order valence-corrected chi connectivity index (χ2v) is 5.17. The van der Waals surface area contributed by atoms with E-state index in [1.54, 1.807) is 0 Å². The minimum Gasteiger partial charge on any atom is -0.384 e. The number of hydrogen-bond donors (Lipinski definition) is 1. The fourth-order valence-electron chi connectivity index (χ4n) is 2.87. The smallest absolute Gasteiger partial charge is 0.106 e. The Morgan fingerprint density at radius 1 is 1.62 bits per heavy atom. The molecule has 0 spiro atoms. The van der Waals surface area contributed by atoms with E-state index in [2.05, 4.69) is 18.9 Å². The highest BCUT2D eigenvalue weighted by molar-refractivity contribution is 5.13. The summed E-state index contributed by atoms with van der Waals surface area (Å²) in [4.78, 5) is 0. The summed E-state index contributed by atoms with van der Waals surface area (Å²) in [6, 6.07) is 1.98. The first-order valence-corrected chi connectivity index (χ1v) is 6.40. The minimum atomic E-state index is -0.636. The predicted molar refractivity (Wildman–Crippen MR) is 64.0 cm³/mol. The molecule has 0 amide bonds. The van der Waals surface area contributed by atoms with Crippen LogP contribution >= 0.6 is 0 Å². The van der Waals surface area contributed by atoms with Gasteiger partial charge >= 0.3 is 0 Å². The van der Waals surface area contributed by atoms with Gasteiger partial charge in [0.1, 0.15) is 5.60 Å². The van der Waals surface area contributed by atoms with Gasteiger partial charge in [-0.05, 0) is 37.7 Å². The van der Waals surface area contributed by atoms with Gasteiger partial charge in [0, 0.05) is 12.7 Å². The lowest BCUT2D eigenvalue weighted by molar-refractivity contribution is -0.0254. The van der Waals surface area contributed by atoms with Crippen molar-refractivity contribution in [2.75, 3.05) is 0 Å². The third kappa shape index (κ3) is 2.14. The quantitative estimate of drug-likeness (QED) is 0.854. The lowest BCUT2D eigenvalue weighted by atomic mass is 9.77. The highest BCUT2D eigenvalue weighted by Gasteiger charge is 2.36. The summed E-state index contributed by atoms with van der Waals surface area (Å²) in [5.41, 5.74) is 0.379. The maximum absolute atomic E-state index is 10.7. The Hall–Kier alpha value is -0.830. The molecule has 0 radical (unpaired) electrons. The summed E-state index contributed by atoms with van der Waals surface area (Å²) in [6.45, 7) is 5.27. The van der Waals surface area contributed by atoms with Gasteiger partial charge in [0.15, 0.2) is 0 Å². The van der Waals surface area contributed by atoms with Crippen LogP contribution in [0.1, 0.15) is 51.6 Å². The van der Waals surface area contributed by atoms with Gasteiger partial charge in [-0.15, -0.1) is 0 Å². The molecule has 1 aromatic heterocycles. The molecule has 2 rings (SSSR count). The Morgan fingerprint density at radius 2 is 2.44 bits per heavy atom. The van der Waals surface area contributed by atoms with Gasteiger partial charge in [-0.1, -0.05) is 20.3 Å². The summed E-state index contributed by atoms with van der Waals surface area (Å²) in [7, 11) is 0. The molecule has 16 heavy (non-hydrogen) atoms. The molecule has 0 aliphatic heterocycles. The highest BCUT2D eigenvalue weighted by atomic mass is 16.3. The normalized spacial score (nSPS) is 30.6. The van der Waals surface area contributed by atoms with Crippen molar-refractivity contribution >= 4 is 0 Å². The fraction of sp³-hybridized carbons (Fsp3) is 0.769. The molecule has 0 bridgehead atoms. The van der Waals surface area contributed by atoms with E-state index in [0.717, 1.165) is 37.9 Å². The van der Waals surface area contributed by atoms with Gasteiger partial charge in [0.05, 0.1) is 5.69 Å². The molecule has 3 nitrogen and oxygen atoms in total. The predicted octanol–water partition coefficient (Wildman–Crippen LogP) is 2.69. The fourth-order valence-corrected chi connectivity index (χ4v) is 2.87. The zero-order chi connectivity index (χ0) is 11.6.